The Morgan fingerprint density at radius 1 is 0.563 bits per heavy atom. The predicted octanol–water partition coefficient (Wildman–Crippen LogP) is 15.6. The molecule has 4 heterocycles. The minimum Gasteiger partial charge on any atom is -0.481 e. The van der Waals surface area contributed by atoms with E-state index in [9.17, 15) is 19.5 Å². The number of benzene rings is 2. The molecule has 4 aliphatic carbocycles. The summed E-state index contributed by atoms with van der Waals surface area (Å²) in [5.74, 6) is 2.64. The Labute approximate surface area is 465 Å². The van der Waals surface area contributed by atoms with Crippen molar-refractivity contribution in [1.29, 1.82) is 0 Å². The van der Waals surface area contributed by atoms with Crippen LogP contribution in [0.3, 0.4) is 0 Å². The lowest BCUT2D eigenvalue weighted by atomic mass is 9.76. The number of carboxylic acids is 1. The summed E-state index contributed by atoms with van der Waals surface area (Å²) in [7, 11) is 0. The molecular weight excluding hydrogens is 1200 g/mol. The van der Waals surface area contributed by atoms with E-state index in [1.54, 1.807) is 0 Å². The van der Waals surface area contributed by atoms with Crippen molar-refractivity contribution in [2.24, 2.45) is 35.5 Å². The summed E-state index contributed by atoms with van der Waals surface area (Å²) in [5.41, 5.74) is 10.2. The fraction of sp³-hybridized carbons (Fsp3) is 0.561. The minimum absolute atomic E-state index is 0. The number of aryl methyl sites for hydroxylation is 4. The Hall–Kier alpha value is -2.35. The summed E-state index contributed by atoms with van der Waals surface area (Å²) in [4.78, 5) is 51.5. The van der Waals surface area contributed by atoms with Gasteiger partial charge >= 0.3 is 5.97 Å². The second-order valence-corrected chi connectivity index (χ2v) is 25.7. The molecule has 2 atom stereocenters. The molecule has 4 aromatic rings. The number of fused-ring (bicyclic) bond motifs is 4. The molecule has 8 nitrogen and oxygen atoms in total. The summed E-state index contributed by atoms with van der Waals surface area (Å²) >= 11 is 27.8. The molecule has 10 rings (SSSR count). The predicted molar refractivity (Wildman–Crippen MR) is 299 cm³/mol. The fourth-order valence-electron chi connectivity index (χ4n) is 12.9. The maximum absolute atomic E-state index is 13.1. The Morgan fingerprint density at radius 3 is 1.34 bits per heavy atom. The monoisotopic (exact) mass is 1260 g/mol. The van der Waals surface area contributed by atoms with Crippen LogP contribution in [0.4, 0.5) is 0 Å². The third-order valence-electron chi connectivity index (χ3n) is 16.8. The number of amides is 2. The van der Waals surface area contributed by atoms with Gasteiger partial charge in [0.1, 0.15) is 0 Å². The van der Waals surface area contributed by atoms with Gasteiger partial charge in [0.05, 0.1) is 17.3 Å². The maximum atomic E-state index is 13.1. The van der Waals surface area contributed by atoms with Crippen molar-refractivity contribution < 1.29 is 19.5 Å². The van der Waals surface area contributed by atoms with Crippen molar-refractivity contribution in [1.82, 2.24) is 19.8 Å². The van der Waals surface area contributed by atoms with Gasteiger partial charge in [-0.3, -0.25) is 24.4 Å². The van der Waals surface area contributed by atoms with Crippen LogP contribution in [-0.2, 0) is 40.1 Å². The molecule has 0 unspecified atom stereocenters. The second kappa shape index (κ2) is 24.5. The smallest absolute Gasteiger partial charge is 0.306 e. The third kappa shape index (κ3) is 13.0. The minimum atomic E-state index is -0.695. The van der Waals surface area contributed by atoms with Crippen molar-refractivity contribution >= 4 is 105 Å². The van der Waals surface area contributed by atoms with Gasteiger partial charge in [-0.15, -0.1) is 0 Å². The van der Waals surface area contributed by atoms with Gasteiger partial charge in [0.2, 0.25) is 11.8 Å². The van der Waals surface area contributed by atoms with Crippen LogP contribution in [0, 0.1) is 35.5 Å². The number of aliphatic carboxylic acids is 1. The third-order valence-corrected chi connectivity index (χ3v) is 19.4. The molecular formula is C57H68Br4Cl2N4O4. The van der Waals surface area contributed by atoms with E-state index in [4.69, 9.17) is 33.2 Å². The van der Waals surface area contributed by atoms with Gasteiger partial charge in [-0.25, -0.2) is 0 Å². The van der Waals surface area contributed by atoms with Crippen LogP contribution >= 0.6 is 86.9 Å². The fourth-order valence-corrected chi connectivity index (χ4v) is 15.9. The highest BCUT2D eigenvalue weighted by Crippen LogP contribution is 2.48. The van der Waals surface area contributed by atoms with E-state index in [0.717, 1.165) is 136 Å². The molecule has 2 aliphatic heterocycles. The zero-order valence-corrected chi connectivity index (χ0v) is 47.9. The number of pyridine rings is 2. The van der Waals surface area contributed by atoms with Gasteiger partial charge in [0, 0.05) is 91.2 Å². The molecule has 2 aromatic heterocycles. The van der Waals surface area contributed by atoms with Crippen molar-refractivity contribution in [3.8, 4) is 0 Å². The molecule has 382 valence electrons. The van der Waals surface area contributed by atoms with E-state index in [2.05, 4.69) is 99.8 Å². The Kier molecular flexibility index (Phi) is 19.0. The number of hydrogen-bond donors (Lipinski definition) is 1. The highest BCUT2D eigenvalue weighted by atomic mass is 79.9. The number of carbonyl (C=O) groups is 3. The topological polar surface area (TPSA) is 104 Å². The van der Waals surface area contributed by atoms with Crippen molar-refractivity contribution in [3.63, 3.8) is 0 Å². The van der Waals surface area contributed by atoms with E-state index in [-0.39, 0.29) is 31.1 Å². The zero-order valence-electron chi connectivity index (χ0n) is 40.0. The van der Waals surface area contributed by atoms with E-state index >= 15 is 0 Å². The van der Waals surface area contributed by atoms with Crippen LogP contribution in [0.2, 0.25) is 10.0 Å². The van der Waals surface area contributed by atoms with Gasteiger partial charge in [0.25, 0.3) is 0 Å². The summed E-state index contributed by atoms with van der Waals surface area (Å²) in [6.07, 6.45) is 20.9. The van der Waals surface area contributed by atoms with Crippen molar-refractivity contribution in [2.75, 3.05) is 26.2 Å². The molecule has 2 aromatic carbocycles. The molecule has 2 amide bonds. The normalized spacial score (nSPS) is 24.6. The molecule has 0 bridgehead atoms. The lowest BCUT2D eigenvalue weighted by Gasteiger charge is -2.38. The maximum Gasteiger partial charge on any atom is 0.306 e. The van der Waals surface area contributed by atoms with Gasteiger partial charge in [0.15, 0.2) is 0 Å². The lowest BCUT2D eigenvalue weighted by molar-refractivity contribution is -0.143. The number of halogens is 6. The first-order chi connectivity index (χ1) is 33.7. The number of piperidine rings is 2. The molecule has 2 saturated heterocycles. The van der Waals surface area contributed by atoms with Gasteiger partial charge in [-0.05, 0) is 221 Å². The van der Waals surface area contributed by atoms with Crippen LogP contribution < -0.4 is 0 Å². The van der Waals surface area contributed by atoms with E-state index in [1.165, 1.54) is 64.8 Å². The number of carboxylic acid groups (broad SMARTS) is 1. The first-order valence-electron chi connectivity index (χ1n) is 25.7. The van der Waals surface area contributed by atoms with Crippen LogP contribution in [0.1, 0.15) is 161 Å². The second-order valence-electron chi connectivity index (χ2n) is 21.3. The number of likely N-dealkylation sites (tertiary alicyclic amines) is 2. The number of hydrogen-bond acceptors (Lipinski definition) is 5. The van der Waals surface area contributed by atoms with Gasteiger partial charge < -0.3 is 14.9 Å². The molecule has 4 fully saturated rings. The lowest BCUT2D eigenvalue weighted by Crippen LogP contribution is -2.41. The number of nitrogens with zero attached hydrogens (tertiary/aromatic N) is 4. The van der Waals surface area contributed by atoms with Crippen LogP contribution in [0.25, 0.3) is 0 Å². The number of carbonyl (C=O) groups excluding carboxylic acids is 2. The van der Waals surface area contributed by atoms with Crippen LogP contribution in [0.5, 0.6) is 0 Å². The average molecular weight is 1260 g/mol. The Bertz CT molecular complexity index is 2570. The van der Waals surface area contributed by atoms with Crippen molar-refractivity contribution in [3.05, 3.63) is 121 Å². The van der Waals surface area contributed by atoms with E-state index in [0.29, 0.717) is 48.8 Å². The first kappa shape index (κ1) is 54.9. The molecule has 2 saturated carbocycles. The van der Waals surface area contributed by atoms with E-state index < -0.39 is 5.97 Å². The molecule has 14 heteroatoms. The summed E-state index contributed by atoms with van der Waals surface area (Å²) in [6.45, 7) is 5.57. The standard InChI is InChI=1S/C28H31Br2ClN2O3.C28H33Br2ClN2O.CH4/c29-21-12-20-6-5-19-13-22(31)14-23(30)25(19)26(27(20)32-15-21)17-7-9-33(10-8-17)24(34)11-16-1-3-18(4-2-16)28(35)36;1-17-2-4-18(5-3-17)12-25(34)33-10-8-19(9-11-33)27-26-20(14-23(31)15-24(26)30)6-7-21-13-22(29)16-32-28(21)27;/h12-18,26H,1-11H2,(H,35,36);13-19,27H,2-12H2,1H3;1H4/t16?,18?,26-;17?,18?,27-;/m11./s1. The molecule has 71 heavy (non-hydrogen) atoms. The molecule has 0 spiro atoms. The van der Waals surface area contributed by atoms with Crippen molar-refractivity contribution in [2.45, 2.75) is 142 Å². The average Bonchev–Trinajstić information content (AvgIpc) is 3.60. The largest absolute Gasteiger partial charge is 0.481 e. The highest BCUT2D eigenvalue weighted by molar-refractivity contribution is 9.11. The highest BCUT2D eigenvalue weighted by Gasteiger charge is 2.39. The molecule has 6 aliphatic rings. The van der Waals surface area contributed by atoms with Crippen LogP contribution in [0.15, 0.2) is 66.7 Å². The SMILES string of the molecule is C.CC1CCC(CC(=O)N2CCC([C@H]3c4ncc(Br)cc4CCc4cc(Cl)cc(Br)c43)CC2)CC1.O=C(O)C1CCC(CC(=O)N2CCC([C@H]3c4ncc(Br)cc4CCc4cc(Cl)cc(Br)c43)CC2)CC1. The molecule has 0 radical (unpaired) electrons. The number of rotatable bonds is 7. The van der Waals surface area contributed by atoms with Crippen LogP contribution in [-0.4, -0.2) is 68.8 Å². The first-order valence-corrected chi connectivity index (χ1v) is 29.6. The number of aromatic nitrogens is 2. The summed E-state index contributed by atoms with van der Waals surface area (Å²) in [6, 6.07) is 12.7. The Balaban J connectivity index is 0.000000188. The zero-order chi connectivity index (χ0) is 49.2. The summed E-state index contributed by atoms with van der Waals surface area (Å²) in [5, 5.41) is 10.8. The Morgan fingerprint density at radius 2 is 0.944 bits per heavy atom. The van der Waals surface area contributed by atoms with E-state index in [1.807, 2.05) is 29.4 Å². The molecule has 1 N–H and O–H groups in total. The van der Waals surface area contributed by atoms with Gasteiger partial charge in [-0.1, -0.05) is 82.3 Å². The quantitative estimate of drug-likeness (QED) is 0.198. The van der Waals surface area contributed by atoms with Gasteiger partial charge in [-0.2, -0.15) is 0 Å². The summed E-state index contributed by atoms with van der Waals surface area (Å²) < 4.78 is 4.16.